The van der Waals surface area contributed by atoms with Crippen molar-refractivity contribution in [3.05, 3.63) is 0 Å². The number of carbonyl (C=O) groups is 1. The van der Waals surface area contributed by atoms with Gasteiger partial charge in [-0.1, -0.05) is 0 Å². The fourth-order valence-corrected chi connectivity index (χ4v) is 3.03. The quantitative estimate of drug-likeness (QED) is 0.824. The summed E-state index contributed by atoms with van der Waals surface area (Å²) in [5.74, 6) is 0.511. The molecule has 0 bridgehead atoms. The Morgan fingerprint density at radius 2 is 2.05 bits per heavy atom. The van der Waals surface area contributed by atoms with E-state index in [4.69, 9.17) is 4.74 Å². The molecule has 1 heterocycles. The Morgan fingerprint density at radius 3 is 2.75 bits per heavy atom. The van der Waals surface area contributed by atoms with Gasteiger partial charge in [-0.15, -0.1) is 0 Å². The van der Waals surface area contributed by atoms with Crippen LogP contribution in [0.3, 0.4) is 0 Å². The Kier molecular flexibility index (Phi) is 4.91. The first kappa shape index (κ1) is 15.6. The van der Waals surface area contributed by atoms with Crippen LogP contribution in [-0.2, 0) is 4.74 Å². The molecule has 2 amide bonds. The van der Waals surface area contributed by atoms with Crippen LogP contribution in [0.2, 0.25) is 0 Å². The maximum atomic E-state index is 12.1. The van der Waals surface area contributed by atoms with Crippen molar-refractivity contribution in [2.75, 3.05) is 27.2 Å². The molecule has 116 valence electrons. The van der Waals surface area contributed by atoms with Crippen LogP contribution in [0.1, 0.15) is 39.5 Å². The first-order valence-electron chi connectivity index (χ1n) is 7.73. The molecule has 1 aliphatic carbocycles. The molecule has 1 saturated carbocycles. The first-order valence-corrected chi connectivity index (χ1v) is 7.73. The van der Waals surface area contributed by atoms with Crippen LogP contribution in [-0.4, -0.2) is 55.9 Å². The Hall–Kier alpha value is -0.810. The summed E-state index contributed by atoms with van der Waals surface area (Å²) in [4.78, 5) is 14.2. The van der Waals surface area contributed by atoms with Gasteiger partial charge in [-0.3, -0.25) is 0 Å². The Bertz CT molecular complexity index is 344. The topological polar surface area (TPSA) is 53.6 Å². The van der Waals surface area contributed by atoms with E-state index in [1.165, 1.54) is 0 Å². The van der Waals surface area contributed by atoms with Crippen LogP contribution in [0.5, 0.6) is 0 Å². The Labute approximate surface area is 122 Å². The lowest BCUT2D eigenvalue weighted by molar-refractivity contribution is 0.0548. The summed E-state index contributed by atoms with van der Waals surface area (Å²) in [5.41, 5.74) is -0.0388. The summed E-state index contributed by atoms with van der Waals surface area (Å²) in [6.07, 6.45) is 4.83. The maximum absolute atomic E-state index is 12.1. The van der Waals surface area contributed by atoms with Crippen molar-refractivity contribution in [2.24, 2.45) is 5.92 Å². The molecule has 0 aromatic rings. The van der Waals surface area contributed by atoms with Gasteiger partial charge in [0.15, 0.2) is 0 Å². The van der Waals surface area contributed by atoms with E-state index in [9.17, 15) is 4.79 Å². The van der Waals surface area contributed by atoms with Gasteiger partial charge in [-0.25, -0.2) is 4.79 Å². The molecule has 1 aliphatic heterocycles. The molecule has 2 rings (SSSR count). The number of hydrogen-bond acceptors (Lipinski definition) is 3. The van der Waals surface area contributed by atoms with E-state index in [0.717, 1.165) is 32.3 Å². The fourth-order valence-electron chi connectivity index (χ4n) is 3.03. The third-order valence-corrected chi connectivity index (χ3v) is 4.99. The van der Waals surface area contributed by atoms with E-state index in [1.807, 2.05) is 14.1 Å². The first-order chi connectivity index (χ1) is 9.40. The Morgan fingerprint density at radius 1 is 1.30 bits per heavy atom. The zero-order chi connectivity index (χ0) is 14.8. The molecule has 20 heavy (non-hydrogen) atoms. The van der Waals surface area contributed by atoms with Gasteiger partial charge < -0.3 is 20.3 Å². The molecule has 0 aromatic heterocycles. The van der Waals surface area contributed by atoms with Gasteiger partial charge in [0, 0.05) is 30.7 Å². The number of fused-ring (bicyclic) bond motifs is 1. The maximum Gasteiger partial charge on any atom is 0.315 e. The number of likely N-dealkylation sites (N-methyl/N-ethyl adjacent to an activating group) is 1. The second-order valence-corrected chi connectivity index (χ2v) is 6.93. The van der Waals surface area contributed by atoms with E-state index in [1.54, 1.807) is 0 Å². The SMILES string of the molecule is CN(C)C(C)(C)CNC(=O)N[C@@H]1CCC[C@@H]2OCC[C@@H]21. The van der Waals surface area contributed by atoms with E-state index in [-0.39, 0.29) is 17.6 Å². The van der Waals surface area contributed by atoms with E-state index >= 15 is 0 Å². The van der Waals surface area contributed by atoms with Crippen LogP contribution in [0.25, 0.3) is 0 Å². The number of carbonyl (C=O) groups excluding carboxylic acids is 1. The van der Waals surface area contributed by atoms with Crippen LogP contribution >= 0.6 is 0 Å². The summed E-state index contributed by atoms with van der Waals surface area (Å²) >= 11 is 0. The van der Waals surface area contributed by atoms with Crippen molar-refractivity contribution >= 4 is 6.03 Å². The summed E-state index contributed by atoms with van der Waals surface area (Å²) in [6, 6.07) is 0.233. The third kappa shape index (κ3) is 3.64. The summed E-state index contributed by atoms with van der Waals surface area (Å²) < 4.78 is 5.74. The Balaban J connectivity index is 1.79. The molecule has 0 aromatic carbocycles. The van der Waals surface area contributed by atoms with Crippen molar-refractivity contribution in [1.82, 2.24) is 15.5 Å². The van der Waals surface area contributed by atoms with Crippen molar-refractivity contribution in [3.8, 4) is 0 Å². The molecule has 1 saturated heterocycles. The molecule has 2 aliphatic rings. The van der Waals surface area contributed by atoms with Gasteiger partial charge in [0.1, 0.15) is 0 Å². The highest BCUT2D eigenvalue weighted by Gasteiger charge is 2.38. The van der Waals surface area contributed by atoms with Crippen molar-refractivity contribution < 1.29 is 9.53 Å². The average molecular weight is 283 g/mol. The van der Waals surface area contributed by atoms with Gasteiger partial charge in [0.2, 0.25) is 0 Å². The van der Waals surface area contributed by atoms with Crippen LogP contribution in [0.4, 0.5) is 4.79 Å². The molecule has 0 spiro atoms. The predicted molar refractivity (Wildman–Crippen MR) is 79.8 cm³/mol. The monoisotopic (exact) mass is 283 g/mol. The normalized spacial score (nSPS) is 30.1. The van der Waals surface area contributed by atoms with Crippen molar-refractivity contribution in [1.29, 1.82) is 0 Å². The summed E-state index contributed by atoms with van der Waals surface area (Å²) in [7, 11) is 4.06. The number of rotatable bonds is 4. The number of nitrogens with zero attached hydrogens (tertiary/aromatic N) is 1. The molecular formula is C15H29N3O2. The molecule has 5 nitrogen and oxygen atoms in total. The van der Waals surface area contributed by atoms with Gasteiger partial charge >= 0.3 is 6.03 Å². The van der Waals surface area contributed by atoms with Crippen LogP contribution in [0, 0.1) is 5.92 Å². The number of ether oxygens (including phenoxy) is 1. The second kappa shape index (κ2) is 6.31. The van der Waals surface area contributed by atoms with Crippen molar-refractivity contribution in [3.63, 3.8) is 0 Å². The zero-order valence-electron chi connectivity index (χ0n) is 13.2. The molecule has 3 atom stereocenters. The number of amides is 2. The summed E-state index contributed by atoms with van der Waals surface area (Å²) in [6.45, 7) is 5.73. The van der Waals surface area contributed by atoms with E-state index in [2.05, 4.69) is 29.4 Å². The minimum absolute atomic E-state index is 0.0388. The zero-order valence-corrected chi connectivity index (χ0v) is 13.2. The van der Waals surface area contributed by atoms with Crippen LogP contribution in [0.15, 0.2) is 0 Å². The lowest BCUT2D eigenvalue weighted by Gasteiger charge is -2.35. The lowest BCUT2D eigenvalue weighted by atomic mass is 9.82. The molecule has 2 N–H and O–H groups in total. The lowest BCUT2D eigenvalue weighted by Crippen LogP contribution is -2.53. The molecule has 0 radical (unpaired) electrons. The number of urea groups is 1. The predicted octanol–water partition coefficient (Wildman–Crippen LogP) is 1.58. The minimum atomic E-state index is -0.0440. The fraction of sp³-hybridized carbons (Fsp3) is 0.933. The highest BCUT2D eigenvalue weighted by atomic mass is 16.5. The standard InChI is InChI=1S/C15H29N3O2/c1-15(2,18(3)4)10-16-14(19)17-12-6-5-7-13-11(12)8-9-20-13/h11-13H,5-10H2,1-4H3,(H2,16,17,19)/t11-,12-,13+/m1/s1. The van der Waals surface area contributed by atoms with Gasteiger partial charge in [0.25, 0.3) is 0 Å². The second-order valence-electron chi connectivity index (χ2n) is 6.93. The number of nitrogens with one attached hydrogen (secondary N) is 2. The smallest absolute Gasteiger partial charge is 0.315 e. The average Bonchev–Trinajstić information content (AvgIpc) is 2.86. The highest BCUT2D eigenvalue weighted by molar-refractivity contribution is 5.74. The van der Waals surface area contributed by atoms with Gasteiger partial charge in [-0.2, -0.15) is 0 Å². The molecule has 0 unspecified atom stereocenters. The number of hydrogen-bond donors (Lipinski definition) is 2. The van der Waals surface area contributed by atoms with Crippen LogP contribution < -0.4 is 10.6 Å². The van der Waals surface area contributed by atoms with Gasteiger partial charge in [0.05, 0.1) is 6.10 Å². The van der Waals surface area contributed by atoms with Crippen molar-refractivity contribution in [2.45, 2.75) is 57.2 Å². The minimum Gasteiger partial charge on any atom is -0.378 e. The molecule has 2 fully saturated rings. The van der Waals surface area contributed by atoms with Gasteiger partial charge in [-0.05, 0) is 53.6 Å². The third-order valence-electron chi connectivity index (χ3n) is 4.99. The van der Waals surface area contributed by atoms with E-state index in [0.29, 0.717) is 18.6 Å². The highest BCUT2D eigenvalue weighted by Crippen LogP contribution is 2.34. The largest absolute Gasteiger partial charge is 0.378 e. The van der Waals surface area contributed by atoms with E-state index < -0.39 is 0 Å². The molecule has 5 heteroatoms. The summed E-state index contributed by atoms with van der Waals surface area (Å²) in [5, 5.41) is 6.15. The molecular weight excluding hydrogens is 254 g/mol.